The van der Waals surface area contributed by atoms with E-state index < -0.39 is 17.3 Å². The molecule has 0 spiro atoms. The zero-order chi connectivity index (χ0) is 11.2. The SMILES string of the molecule is NCCCCC(N)(C(=O)O)C(=O)CCl. The maximum absolute atomic E-state index is 11.2. The fraction of sp³-hybridized carbons (Fsp3) is 0.750. The van der Waals surface area contributed by atoms with Gasteiger partial charge in [0.25, 0.3) is 0 Å². The predicted molar refractivity (Wildman–Crippen MR) is 53.2 cm³/mol. The van der Waals surface area contributed by atoms with E-state index in [1.807, 2.05) is 0 Å². The van der Waals surface area contributed by atoms with Crippen molar-refractivity contribution >= 4 is 23.4 Å². The van der Waals surface area contributed by atoms with Crippen molar-refractivity contribution < 1.29 is 14.7 Å². The van der Waals surface area contributed by atoms with Crippen LogP contribution in [-0.2, 0) is 9.59 Å². The third-order valence-corrected chi connectivity index (χ3v) is 2.27. The molecule has 0 heterocycles. The van der Waals surface area contributed by atoms with E-state index in [4.69, 9.17) is 28.2 Å². The van der Waals surface area contributed by atoms with Crippen LogP contribution < -0.4 is 11.5 Å². The van der Waals surface area contributed by atoms with Gasteiger partial charge in [-0.3, -0.25) is 4.79 Å². The highest BCUT2D eigenvalue weighted by atomic mass is 35.5. The first-order valence-electron chi connectivity index (χ1n) is 4.30. The van der Waals surface area contributed by atoms with Crippen LogP contribution in [0.15, 0.2) is 0 Å². The topological polar surface area (TPSA) is 106 Å². The first-order valence-corrected chi connectivity index (χ1v) is 4.84. The number of rotatable bonds is 7. The fourth-order valence-corrected chi connectivity index (χ4v) is 1.27. The van der Waals surface area contributed by atoms with E-state index in [-0.39, 0.29) is 12.3 Å². The van der Waals surface area contributed by atoms with Crippen LogP contribution in [0, 0.1) is 0 Å². The average Bonchev–Trinajstić information content (AvgIpc) is 2.16. The van der Waals surface area contributed by atoms with Crippen LogP contribution in [0.1, 0.15) is 19.3 Å². The maximum atomic E-state index is 11.2. The van der Waals surface area contributed by atoms with Crippen LogP contribution in [0.5, 0.6) is 0 Å². The summed E-state index contributed by atoms with van der Waals surface area (Å²) in [5, 5.41) is 8.80. The normalized spacial score (nSPS) is 14.8. The number of hydrogen-bond donors (Lipinski definition) is 3. The Morgan fingerprint density at radius 3 is 2.29 bits per heavy atom. The molecule has 0 aromatic heterocycles. The van der Waals surface area contributed by atoms with Crippen molar-refractivity contribution in [3.8, 4) is 0 Å². The Balaban J connectivity index is 4.40. The minimum atomic E-state index is -1.85. The second-order valence-corrected chi connectivity index (χ2v) is 3.35. The molecule has 6 heteroatoms. The molecule has 5 nitrogen and oxygen atoms in total. The lowest BCUT2D eigenvalue weighted by Gasteiger charge is -2.21. The minimum Gasteiger partial charge on any atom is -0.480 e. The highest BCUT2D eigenvalue weighted by molar-refractivity contribution is 6.31. The molecule has 1 atom stereocenters. The van der Waals surface area contributed by atoms with E-state index in [1.54, 1.807) is 0 Å². The second kappa shape index (κ2) is 5.95. The molecule has 0 rings (SSSR count). The van der Waals surface area contributed by atoms with Crippen LogP contribution in [0.4, 0.5) is 0 Å². The lowest BCUT2D eigenvalue weighted by molar-refractivity contribution is -0.148. The van der Waals surface area contributed by atoms with Gasteiger partial charge in [0.15, 0.2) is 11.3 Å². The van der Waals surface area contributed by atoms with Gasteiger partial charge < -0.3 is 16.6 Å². The van der Waals surface area contributed by atoms with Gasteiger partial charge in [-0.2, -0.15) is 0 Å². The van der Waals surface area contributed by atoms with Crippen LogP contribution in [0.2, 0.25) is 0 Å². The molecular formula is C8H15ClN2O3. The third kappa shape index (κ3) is 3.25. The van der Waals surface area contributed by atoms with Crippen molar-refractivity contribution in [2.75, 3.05) is 12.4 Å². The number of carbonyl (C=O) groups is 2. The third-order valence-electron chi connectivity index (χ3n) is 2.03. The van der Waals surface area contributed by atoms with Crippen molar-refractivity contribution in [3.05, 3.63) is 0 Å². The van der Waals surface area contributed by atoms with Gasteiger partial charge in [-0.1, -0.05) is 0 Å². The molecule has 1 unspecified atom stereocenters. The van der Waals surface area contributed by atoms with E-state index in [0.29, 0.717) is 19.4 Å². The summed E-state index contributed by atoms with van der Waals surface area (Å²) in [4.78, 5) is 22.0. The van der Waals surface area contributed by atoms with Crippen LogP contribution in [0.3, 0.4) is 0 Å². The van der Waals surface area contributed by atoms with Gasteiger partial charge in [0.05, 0.1) is 5.88 Å². The number of carboxylic acid groups (broad SMARTS) is 1. The Hall–Kier alpha value is -0.650. The van der Waals surface area contributed by atoms with Crippen molar-refractivity contribution in [1.29, 1.82) is 0 Å². The molecule has 0 aliphatic heterocycles. The molecule has 0 fully saturated rings. The Kier molecular flexibility index (Phi) is 5.68. The summed E-state index contributed by atoms with van der Waals surface area (Å²) in [5.41, 5.74) is 8.85. The molecule has 0 radical (unpaired) electrons. The van der Waals surface area contributed by atoms with Crippen molar-refractivity contribution in [2.24, 2.45) is 11.5 Å². The summed E-state index contributed by atoms with van der Waals surface area (Å²) in [5.74, 6) is -2.38. The summed E-state index contributed by atoms with van der Waals surface area (Å²) in [6.07, 6.45) is 1.22. The van der Waals surface area contributed by atoms with Gasteiger partial charge in [0.2, 0.25) is 0 Å². The molecule has 0 bridgehead atoms. The number of carbonyl (C=O) groups excluding carboxylic acids is 1. The number of hydrogen-bond acceptors (Lipinski definition) is 4. The van der Waals surface area contributed by atoms with Gasteiger partial charge in [-0.25, -0.2) is 4.79 Å². The average molecular weight is 223 g/mol. The molecule has 0 aliphatic carbocycles. The number of unbranched alkanes of at least 4 members (excludes halogenated alkanes) is 1. The van der Waals surface area contributed by atoms with Crippen LogP contribution >= 0.6 is 11.6 Å². The van der Waals surface area contributed by atoms with Gasteiger partial charge in [-0.05, 0) is 25.8 Å². The van der Waals surface area contributed by atoms with E-state index in [1.165, 1.54) is 0 Å². The Morgan fingerprint density at radius 1 is 1.36 bits per heavy atom. The van der Waals surface area contributed by atoms with Crippen molar-refractivity contribution in [1.82, 2.24) is 0 Å². The number of nitrogens with two attached hydrogens (primary N) is 2. The predicted octanol–water partition coefficient (Wildman–Crippen LogP) is -0.295. The maximum Gasteiger partial charge on any atom is 0.331 e. The van der Waals surface area contributed by atoms with E-state index in [0.717, 1.165) is 0 Å². The Bertz CT molecular complexity index is 223. The highest BCUT2D eigenvalue weighted by Gasteiger charge is 2.40. The summed E-state index contributed by atoms with van der Waals surface area (Å²) >= 11 is 5.28. The quantitative estimate of drug-likeness (QED) is 0.312. The molecule has 14 heavy (non-hydrogen) atoms. The summed E-state index contributed by atoms with van der Waals surface area (Å²) < 4.78 is 0. The smallest absolute Gasteiger partial charge is 0.331 e. The Labute approximate surface area is 87.4 Å². The standard InChI is InChI=1S/C8H15ClN2O3/c9-5-6(12)8(11,7(13)14)3-1-2-4-10/h1-5,10-11H2,(H,13,14). The van der Waals surface area contributed by atoms with Gasteiger partial charge >= 0.3 is 5.97 Å². The molecule has 82 valence electrons. The lowest BCUT2D eigenvalue weighted by Crippen LogP contribution is -2.55. The fourth-order valence-electron chi connectivity index (χ4n) is 1.03. The van der Waals surface area contributed by atoms with E-state index in [2.05, 4.69) is 0 Å². The number of carboxylic acids is 1. The molecule has 5 N–H and O–H groups in total. The molecule has 0 aromatic rings. The monoisotopic (exact) mass is 222 g/mol. The lowest BCUT2D eigenvalue weighted by atomic mass is 9.90. The van der Waals surface area contributed by atoms with Crippen LogP contribution in [0.25, 0.3) is 0 Å². The number of halogens is 1. The number of alkyl halides is 1. The van der Waals surface area contributed by atoms with Crippen molar-refractivity contribution in [2.45, 2.75) is 24.8 Å². The summed E-state index contributed by atoms with van der Waals surface area (Å²) in [6.45, 7) is 0.449. The zero-order valence-corrected chi connectivity index (χ0v) is 8.59. The number of ketones is 1. The first-order chi connectivity index (χ1) is 6.49. The minimum absolute atomic E-state index is 0.0745. The summed E-state index contributed by atoms with van der Waals surface area (Å²) in [6, 6.07) is 0. The van der Waals surface area contributed by atoms with Gasteiger partial charge in [0, 0.05) is 0 Å². The Morgan fingerprint density at radius 2 is 1.93 bits per heavy atom. The molecule has 0 aliphatic rings. The molecule has 0 saturated carbocycles. The number of Topliss-reactive ketones (excluding diaryl/α,β-unsaturated/α-hetero) is 1. The largest absolute Gasteiger partial charge is 0.480 e. The van der Waals surface area contributed by atoms with Crippen LogP contribution in [-0.4, -0.2) is 34.8 Å². The molecular weight excluding hydrogens is 208 g/mol. The second-order valence-electron chi connectivity index (χ2n) is 3.08. The van der Waals surface area contributed by atoms with E-state index >= 15 is 0 Å². The van der Waals surface area contributed by atoms with Gasteiger partial charge in [0.1, 0.15) is 0 Å². The van der Waals surface area contributed by atoms with E-state index in [9.17, 15) is 9.59 Å². The van der Waals surface area contributed by atoms with Crippen molar-refractivity contribution in [3.63, 3.8) is 0 Å². The molecule has 0 aromatic carbocycles. The number of aliphatic carboxylic acids is 1. The highest BCUT2D eigenvalue weighted by Crippen LogP contribution is 2.14. The first kappa shape index (κ1) is 13.4. The molecule has 0 amide bonds. The van der Waals surface area contributed by atoms with Gasteiger partial charge in [-0.15, -0.1) is 11.6 Å². The molecule has 0 saturated heterocycles. The zero-order valence-electron chi connectivity index (χ0n) is 7.83. The summed E-state index contributed by atoms with van der Waals surface area (Å²) in [7, 11) is 0.